The lowest BCUT2D eigenvalue weighted by Crippen LogP contribution is -2.06. The van der Waals surface area contributed by atoms with Gasteiger partial charge in [-0.25, -0.2) is 0 Å². The minimum Gasteiger partial charge on any atom is -0.497 e. The van der Waals surface area contributed by atoms with E-state index >= 15 is 0 Å². The van der Waals surface area contributed by atoms with Gasteiger partial charge in [0.1, 0.15) is 5.75 Å². The molecule has 0 atom stereocenters. The van der Waals surface area contributed by atoms with E-state index in [1.807, 2.05) is 49.4 Å². The van der Waals surface area contributed by atoms with E-state index in [0.29, 0.717) is 28.4 Å². The van der Waals surface area contributed by atoms with Crippen molar-refractivity contribution in [3.05, 3.63) is 88.7 Å². The van der Waals surface area contributed by atoms with Crippen molar-refractivity contribution < 1.29 is 13.9 Å². The summed E-state index contributed by atoms with van der Waals surface area (Å²) in [5.74, 6) is 0.391. The van der Waals surface area contributed by atoms with Crippen LogP contribution in [-0.4, -0.2) is 37.9 Å². The van der Waals surface area contributed by atoms with Gasteiger partial charge in [-0.05, 0) is 48.9 Å². The zero-order chi connectivity index (χ0) is 22.9. The lowest BCUT2D eigenvalue weighted by molar-refractivity contribution is 0.100. The van der Waals surface area contributed by atoms with Crippen LogP contribution in [0, 0.1) is 6.92 Å². The minimum absolute atomic E-state index is 0.0988. The third kappa shape index (κ3) is 3.85. The zero-order valence-corrected chi connectivity index (χ0v) is 18.6. The quantitative estimate of drug-likeness (QED) is 0.338. The molecule has 3 heterocycles. The number of ketones is 1. The normalized spacial score (nSPS) is 11.1. The molecule has 0 unspecified atom stereocenters. The van der Waals surface area contributed by atoms with E-state index in [1.54, 1.807) is 13.2 Å². The first-order valence-electron chi connectivity index (χ1n) is 10.1. The second kappa shape index (κ2) is 8.48. The minimum atomic E-state index is -0.360. The first-order chi connectivity index (χ1) is 16.0. The van der Waals surface area contributed by atoms with Crippen LogP contribution < -0.4 is 4.74 Å². The molecule has 0 spiro atoms. The highest BCUT2D eigenvalue weighted by Gasteiger charge is 2.26. The summed E-state index contributed by atoms with van der Waals surface area (Å²) in [6.07, 6.45) is 3.01. The van der Waals surface area contributed by atoms with E-state index < -0.39 is 0 Å². The van der Waals surface area contributed by atoms with Crippen LogP contribution in [0.1, 0.15) is 27.5 Å². The molecule has 2 aromatic carbocycles. The van der Waals surface area contributed by atoms with Gasteiger partial charge in [0.05, 0.1) is 30.6 Å². The monoisotopic (exact) mass is 459 g/mol. The van der Waals surface area contributed by atoms with Gasteiger partial charge in [-0.2, -0.15) is 10.2 Å². The SMILES string of the molecule is COc1ccc2c(c1)c(C(=O)c1nnc(-c3ccnnc3)o1)c(C)n2Cc1ccc(Cl)cc1. The van der Waals surface area contributed by atoms with Crippen LogP contribution in [0.3, 0.4) is 0 Å². The molecule has 164 valence electrons. The highest BCUT2D eigenvalue weighted by Crippen LogP contribution is 2.32. The summed E-state index contributed by atoms with van der Waals surface area (Å²) in [5, 5.41) is 17.0. The molecule has 0 amide bonds. The number of methoxy groups -OCH3 is 1. The smallest absolute Gasteiger partial charge is 0.289 e. The van der Waals surface area contributed by atoms with Crippen LogP contribution in [0.15, 0.2) is 65.3 Å². The summed E-state index contributed by atoms with van der Waals surface area (Å²) in [7, 11) is 1.59. The Morgan fingerprint density at radius 2 is 1.91 bits per heavy atom. The second-order valence-electron chi connectivity index (χ2n) is 7.43. The summed E-state index contributed by atoms with van der Waals surface area (Å²) in [5.41, 5.74) is 3.80. The standard InChI is InChI=1S/C24H18ClN5O3/c1-14-21(22(31)24-29-28-23(33-24)16-9-10-26-27-12-16)19-11-18(32-2)7-8-20(19)30(14)13-15-3-5-17(25)6-4-15/h3-12H,13H2,1-2H3. The zero-order valence-electron chi connectivity index (χ0n) is 17.8. The van der Waals surface area contributed by atoms with Crippen molar-refractivity contribution in [3.8, 4) is 17.2 Å². The molecule has 0 saturated carbocycles. The number of hydrogen-bond acceptors (Lipinski definition) is 7. The van der Waals surface area contributed by atoms with E-state index in [0.717, 1.165) is 22.2 Å². The predicted octanol–water partition coefficient (Wildman–Crippen LogP) is 4.73. The highest BCUT2D eigenvalue weighted by molar-refractivity contribution is 6.30. The summed E-state index contributed by atoms with van der Waals surface area (Å²) >= 11 is 6.04. The van der Waals surface area contributed by atoms with Gasteiger partial charge in [-0.1, -0.05) is 23.7 Å². The van der Waals surface area contributed by atoms with Gasteiger partial charge in [-0.3, -0.25) is 4.79 Å². The molecular formula is C24H18ClN5O3. The predicted molar refractivity (Wildman–Crippen MR) is 123 cm³/mol. The third-order valence-corrected chi connectivity index (χ3v) is 5.71. The van der Waals surface area contributed by atoms with Crippen LogP contribution in [0.25, 0.3) is 22.4 Å². The number of nitrogens with zero attached hydrogens (tertiary/aromatic N) is 5. The van der Waals surface area contributed by atoms with Crippen LogP contribution in [0.2, 0.25) is 5.02 Å². The van der Waals surface area contributed by atoms with Gasteiger partial charge in [0.25, 0.3) is 11.7 Å². The highest BCUT2D eigenvalue weighted by atomic mass is 35.5. The molecule has 0 aliphatic carbocycles. The molecule has 0 aliphatic heterocycles. The molecule has 8 nitrogen and oxygen atoms in total. The molecule has 0 aliphatic rings. The fourth-order valence-electron chi connectivity index (χ4n) is 3.81. The number of halogens is 1. The number of aromatic nitrogens is 5. The molecule has 5 rings (SSSR count). The molecule has 0 radical (unpaired) electrons. The van der Waals surface area contributed by atoms with Gasteiger partial charge < -0.3 is 13.7 Å². The first kappa shape index (κ1) is 20.8. The van der Waals surface area contributed by atoms with Crippen LogP contribution in [-0.2, 0) is 6.54 Å². The van der Waals surface area contributed by atoms with E-state index in [-0.39, 0.29) is 17.6 Å². The number of carbonyl (C=O) groups is 1. The number of benzene rings is 2. The molecule has 0 saturated heterocycles. The van der Waals surface area contributed by atoms with Gasteiger partial charge in [0.15, 0.2) is 0 Å². The van der Waals surface area contributed by atoms with E-state index in [4.69, 9.17) is 20.8 Å². The number of fused-ring (bicyclic) bond motifs is 1. The Bertz CT molecular complexity index is 1460. The third-order valence-electron chi connectivity index (χ3n) is 5.46. The Balaban J connectivity index is 1.61. The lowest BCUT2D eigenvalue weighted by atomic mass is 10.1. The van der Waals surface area contributed by atoms with E-state index in [9.17, 15) is 4.79 Å². The van der Waals surface area contributed by atoms with Gasteiger partial charge >= 0.3 is 0 Å². The molecule has 33 heavy (non-hydrogen) atoms. The fraction of sp³-hybridized carbons (Fsp3) is 0.125. The Morgan fingerprint density at radius 1 is 1.09 bits per heavy atom. The molecule has 0 bridgehead atoms. The Kier molecular flexibility index (Phi) is 5.35. The number of rotatable bonds is 6. The fourth-order valence-corrected chi connectivity index (χ4v) is 3.93. The van der Waals surface area contributed by atoms with Crippen LogP contribution in [0.5, 0.6) is 5.75 Å². The maximum Gasteiger partial charge on any atom is 0.289 e. The number of hydrogen-bond donors (Lipinski definition) is 0. The average molecular weight is 460 g/mol. The molecule has 9 heteroatoms. The van der Waals surface area contributed by atoms with Crippen molar-refractivity contribution in [1.82, 2.24) is 25.0 Å². The molecule has 3 aromatic heterocycles. The number of ether oxygens (including phenoxy) is 1. The Labute approximate surface area is 193 Å². The average Bonchev–Trinajstić information content (AvgIpc) is 3.44. The Morgan fingerprint density at radius 3 is 2.64 bits per heavy atom. The van der Waals surface area contributed by atoms with Crippen molar-refractivity contribution in [2.24, 2.45) is 0 Å². The maximum atomic E-state index is 13.5. The maximum absolute atomic E-state index is 13.5. The van der Waals surface area contributed by atoms with Crippen molar-refractivity contribution in [2.75, 3.05) is 7.11 Å². The largest absolute Gasteiger partial charge is 0.497 e. The second-order valence-corrected chi connectivity index (χ2v) is 7.87. The lowest BCUT2D eigenvalue weighted by Gasteiger charge is -2.09. The van der Waals surface area contributed by atoms with Gasteiger partial charge in [0.2, 0.25) is 5.89 Å². The summed E-state index contributed by atoms with van der Waals surface area (Å²) < 4.78 is 13.2. The first-order valence-corrected chi connectivity index (χ1v) is 10.5. The topological polar surface area (TPSA) is 95.9 Å². The van der Waals surface area contributed by atoms with Gasteiger partial charge in [-0.15, -0.1) is 10.2 Å². The van der Waals surface area contributed by atoms with E-state index in [1.165, 1.54) is 12.4 Å². The molecular weight excluding hydrogens is 442 g/mol. The van der Waals surface area contributed by atoms with Crippen molar-refractivity contribution in [2.45, 2.75) is 13.5 Å². The summed E-state index contributed by atoms with van der Waals surface area (Å²) in [6, 6.07) is 15.0. The summed E-state index contributed by atoms with van der Waals surface area (Å²) in [6.45, 7) is 2.47. The molecule has 0 fully saturated rings. The Hall–Kier alpha value is -4.04. The summed E-state index contributed by atoms with van der Waals surface area (Å²) in [4.78, 5) is 13.5. The molecule has 0 N–H and O–H groups in total. The van der Waals surface area contributed by atoms with Gasteiger partial charge in [0, 0.05) is 28.2 Å². The van der Waals surface area contributed by atoms with E-state index in [2.05, 4.69) is 25.0 Å². The van der Waals surface area contributed by atoms with Crippen molar-refractivity contribution >= 4 is 28.3 Å². The number of carbonyl (C=O) groups excluding carboxylic acids is 1. The molecule has 5 aromatic rings. The van der Waals surface area contributed by atoms with Crippen LogP contribution >= 0.6 is 11.6 Å². The van der Waals surface area contributed by atoms with Crippen molar-refractivity contribution in [3.63, 3.8) is 0 Å². The van der Waals surface area contributed by atoms with Crippen molar-refractivity contribution in [1.29, 1.82) is 0 Å². The van der Waals surface area contributed by atoms with Crippen LogP contribution in [0.4, 0.5) is 0 Å².